The Bertz CT molecular complexity index is 130. The highest BCUT2D eigenvalue weighted by Gasteiger charge is 2.11. The van der Waals surface area contributed by atoms with E-state index in [9.17, 15) is 4.79 Å². The highest BCUT2D eigenvalue weighted by Crippen LogP contribution is 2.02. The molecule has 0 radical (unpaired) electrons. The maximum atomic E-state index is 11.1. The van der Waals surface area contributed by atoms with E-state index >= 15 is 0 Å². The average molecular weight is 285 g/mol. The van der Waals surface area contributed by atoms with Gasteiger partial charge in [0.05, 0.1) is 0 Å². The van der Waals surface area contributed by atoms with Crippen molar-refractivity contribution < 1.29 is 7.86 Å². The SMILES string of the molecule is CCCCN(CCC)C(=O)OI. The molecule has 0 heterocycles. The zero-order valence-corrected chi connectivity index (χ0v) is 9.83. The van der Waals surface area contributed by atoms with E-state index in [0.29, 0.717) is 0 Å². The van der Waals surface area contributed by atoms with E-state index < -0.39 is 0 Å². The van der Waals surface area contributed by atoms with E-state index in [2.05, 4.69) is 16.9 Å². The molecule has 0 aromatic heterocycles. The Balaban J connectivity index is 3.76. The summed E-state index contributed by atoms with van der Waals surface area (Å²) in [6.07, 6.45) is 2.92. The first-order valence-electron chi connectivity index (χ1n) is 4.33. The molecule has 0 fully saturated rings. The third-order valence-electron chi connectivity index (χ3n) is 1.60. The number of amides is 1. The molecule has 0 aromatic rings. The van der Waals surface area contributed by atoms with Crippen molar-refractivity contribution >= 4 is 29.1 Å². The first-order valence-corrected chi connectivity index (χ1v) is 5.21. The molecule has 0 aliphatic rings. The van der Waals surface area contributed by atoms with Gasteiger partial charge in [-0.2, -0.15) is 0 Å². The molecule has 4 heteroatoms. The van der Waals surface area contributed by atoms with E-state index in [1.165, 1.54) is 0 Å². The number of carbonyl (C=O) groups is 1. The minimum absolute atomic E-state index is 0.217. The van der Waals surface area contributed by atoms with Crippen LogP contribution in [-0.4, -0.2) is 24.1 Å². The van der Waals surface area contributed by atoms with Gasteiger partial charge in [-0.05, 0) is 12.8 Å². The zero-order valence-electron chi connectivity index (χ0n) is 7.68. The molecule has 3 nitrogen and oxygen atoms in total. The Morgan fingerprint density at radius 1 is 1.33 bits per heavy atom. The summed E-state index contributed by atoms with van der Waals surface area (Å²) in [6, 6.07) is 0. The minimum Gasteiger partial charge on any atom is -0.378 e. The van der Waals surface area contributed by atoms with Crippen molar-refractivity contribution in [3.8, 4) is 0 Å². The van der Waals surface area contributed by atoms with Crippen LogP contribution in [0.1, 0.15) is 33.1 Å². The quantitative estimate of drug-likeness (QED) is 0.727. The van der Waals surface area contributed by atoms with Crippen LogP contribution in [0.3, 0.4) is 0 Å². The number of rotatable bonds is 5. The van der Waals surface area contributed by atoms with Gasteiger partial charge in [-0.1, -0.05) is 20.3 Å². The lowest BCUT2D eigenvalue weighted by molar-refractivity contribution is 0.166. The van der Waals surface area contributed by atoms with Gasteiger partial charge in [0.15, 0.2) is 23.0 Å². The lowest BCUT2D eigenvalue weighted by atomic mass is 10.3. The fourth-order valence-electron chi connectivity index (χ4n) is 0.962. The third-order valence-corrected chi connectivity index (χ3v) is 1.98. The Morgan fingerprint density at radius 2 is 2.00 bits per heavy atom. The fraction of sp³-hybridized carbons (Fsp3) is 0.875. The maximum Gasteiger partial charge on any atom is 0.419 e. The van der Waals surface area contributed by atoms with E-state index in [1.54, 1.807) is 27.9 Å². The van der Waals surface area contributed by atoms with E-state index in [-0.39, 0.29) is 6.09 Å². The molecule has 0 N–H and O–H groups in total. The molecular weight excluding hydrogens is 269 g/mol. The largest absolute Gasteiger partial charge is 0.419 e. The second kappa shape index (κ2) is 7.64. The fourth-order valence-corrected chi connectivity index (χ4v) is 1.24. The topological polar surface area (TPSA) is 29.5 Å². The monoisotopic (exact) mass is 285 g/mol. The summed E-state index contributed by atoms with van der Waals surface area (Å²) in [6.45, 7) is 5.77. The highest BCUT2D eigenvalue weighted by molar-refractivity contribution is 14.1. The van der Waals surface area contributed by atoms with Crippen LogP contribution in [0.4, 0.5) is 4.79 Å². The Hall–Kier alpha value is 0. The number of nitrogens with zero attached hydrogens (tertiary/aromatic N) is 1. The van der Waals surface area contributed by atoms with Gasteiger partial charge in [-0.3, -0.25) is 0 Å². The summed E-state index contributed by atoms with van der Waals surface area (Å²) in [5.74, 6) is 0. The van der Waals surface area contributed by atoms with Gasteiger partial charge < -0.3 is 7.97 Å². The van der Waals surface area contributed by atoms with Crippen LogP contribution in [0.2, 0.25) is 0 Å². The van der Waals surface area contributed by atoms with Crippen LogP contribution in [0.25, 0.3) is 0 Å². The minimum atomic E-state index is -0.217. The molecule has 0 rings (SSSR count). The maximum absolute atomic E-state index is 11.1. The third kappa shape index (κ3) is 4.79. The first-order chi connectivity index (χ1) is 5.76. The number of hydrogen-bond acceptors (Lipinski definition) is 2. The predicted molar refractivity (Wildman–Crippen MR) is 57.3 cm³/mol. The predicted octanol–water partition coefficient (Wildman–Crippen LogP) is 2.99. The van der Waals surface area contributed by atoms with Crippen LogP contribution in [0, 0.1) is 0 Å². The standard InChI is InChI=1S/C8H16INO2/c1-3-5-7-10(6-4-2)8(11)12-9/h3-7H2,1-2H3. The van der Waals surface area contributed by atoms with Gasteiger partial charge >= 0.3 is 6.09 Å². The molecule has 0 aliphatic carbocycles. The van der Waals surface area contributed by atoms with Gasteiger partial charge in [0, 0.05) is 13.1 Å². The second-order valence-corrected chi connectivity index (χ2v) is 3.12. The first kappa shape index (κ1) is 12.0. The molecule has 0 spiro atoms. The normalized spacial score (nSPS) is 9.58. The Morgan fingerprint density at radius 3 is 2.42 bits per heavy atom. The van der Waals surface area contributed by atoms with Gasteiger partial charge in [0.25, 0.3) is 0 Å². The Kier molecular flexibility index (Phi) is 7.64. The summed E-state index contributed by atoms with van der Waals surface area (Å²) in [5, 5.41) is 0. The molecule has 0 aliphatic heterocycles. The second-order valence-electron chi connectivity index (χ2n) is 2.68. The van der Waals surface area contributed by atoms with Crippen molar-refractivity contribution in [1.82, 2.24) is 4.90 Å². The lowest BCUT2D eigenvalue weighted by Crippen LogP contribution is -2.31. The molecule has 0 aromatic carbocycles. The zero-order chi connectivity index (χ0) is 9.40. The molecule has 1 amide bonds. The number of hydrogen-bond donors (Lipinski definition) is 0. The van der Waals surface area contributed by atoms with Crippen LogP contribution in [0.15, 0.2) is 0 Å². The van der Waals surface area contributed by atoms with Crippen LogP contribution in [0.5, 0.6) is 0 Å². The number of unbranched alkanes of at least 4 members (excludes halogenated alkanes) is 1. The van der Waals surface area contributed by atoms with Crippen molar-refractivity contribution in [2.45, 2.75) is 33.1 Å². The smallest absolute Gasteiger partial charge is 0.378 e. The summed E-state index contributed by atoms with van der Waals surface area (Å²) in [7, 11) is 0. The summed E-state index contributed by atoms with van der Waals surface area (Å²) in [5.41, 5.74) is 0. The number of halogens is 1. The van der Waals surface area contributed by atoms with Gasteiger partial charge in [0.1, 0.15) is 0 Å². The number of carbonyl (C=O) groups excluding carboxylic acids is 1. The van der Waals surface area contributed by atoms with Crippen molar-refractivity contribution in [2.75, 3.05) is 13.1 Å². The highest BCUT2D eigenvalue weighted by atomic mass is 127. The molecule has 0 saturated heterocycles. The average Bonchev–Trinajstić information content (AvgIpc) is 2.11. The van der Waals surface area contributed by atoms with E-state index in [1.807, 2.05) is 0 Å². The molecule has 72 valence electrons. The van der Waals surface area contributed by atoms with Crippen LogP contribution < -0.4 is 0 Å². The molecule has 0 saturated carbocycles. The summed E-state index contributed by atoms with van der Waals surface area (Å²) >= 11 is 1.63. The lowest BCUT2D eigenvalue weighted by Gasteiger charge is -2.18. The molecular formula is C8H16INO2. The molecule has 12 heavy (non-hydrogen) atoms. The van der Waals surface area contributed by atoms with Gasteiger partial charge in [0.2, 0.25) is 0 Å². The molecule has 0 unspecified atom stereocenters. The Labute approximate surface area is 88.1 Å². The van der Waals surface area contributed by atoms with Gasteiger partial charge in [-0.25, -0.2) is 4.79 Å². The van der Waals surface area contributed by atoms with Crippen molar-refractivity contribution in [3.63, 3.8) is 0 Å². The van der Waals surface area contributed by atoms with Gasteiger partial charge in [-0.15, -0.1) is 0 Å². The summed E-state index contributed by atoms with van der Waals surface area (Å²) < 4.78 is 4.62. The molecule has 0 bridgehead atoms. The van der Waals surface area contributed by atoms with E-state index in [0.717, 1.165) is 32.4 Å². The molecule has 0 atom stereocenters. The van der Waals surface area contributed by atoms with Crippen LogP contribution >= 0.6 is 23.0 Å². The summed E-state index contributed by atoms with van der Waals surface area (Å²) in [4.78, 5) is 12.8. The van der Waals surface area contributed by atoms with Crippen molar-refractivity contribution in [2.24, 2.45) is 0 Å². The van der Waals surface area contributed by atoms with Crippen molar-refractivity contribution in [1.29, 1.82) is 0 Å². The van der Waals surface area contributed by atoms with E-state index in [4.69, 9.17) is 0 Å². The van der Waals surface area contributed by atoms with Crippen molar-refractivity contribution in [3.05, 3.63) is 0 Å². The van der Waals surface area contributed by atoms with Crippen LogP contribution in [-0.2, 0) is 3.07 Å².